The second-order valence-corrected chi connectivity index (χ2v) is 4.54. The highest BCUT2D eigenvalue weighted by Crippen LogP contribution is 2.34. The molecule has 0 aliphatic carbocycles. The Morgan fingerprint density at radius 1 is 0.722 bits per heavy atom. The summed E-state index contributed by atoms with van der Waals surface area (Å²) in [5.74, 6) is 0. The van der Waals surface area contributed by atoms with Gasteiger partial charge in [-0.05, 0) is 18.2 Å². The molecule has 1 atom stereocenters. The first-order valence-corrected chi connectivity index (χ1v) is 6.06. The van der Waals surface area contributed by atoms with E-state index >= 15 is 0 Å². The smallest absolute Gasteiger partial charge is 0.136 e. The predicted octanol–water partition coefficient (Wildman–Crippen LogP) is 2.51. The van der Waals surface area contributed by atoms with Crippen molar-refractivity contribution in [3.05, 3.63) is 48.5 Å². The molecule has 2 aromatic rings. The summed E-state index contributed by atoms with van der Waals surface area (Å²) in [6, 6.07) is 17.4. The summed E-state index contributed by atoms with van der Waals surface area (Å²) in [5, 5.41) is 13.8. The van der Waals surface area contributed by atoms with Crippen LogP contribution in [0.1, 0.15) is 0 Å². The number of benzene rings is 2. The lowest BCUT2D eigenvalue weighted by Crippen LogP contribution is -2.43. The van der Waals surface area contributed by atoms with Gasteiger partial charge in [-0.1, -0.05) is 24.3 Å². The first-order valence-electron chi connectivity index (χ1n) is 6.06. The molecule has 2 aliphatic rings. The van der Waals surface area contributed by atoms with Crippen LogP contribution in [0.2, 0.25) is 0 Å². The van der Waals surface area contributed by atoms with Crippen molar-refractivity contribution in [2.45, 2.75) is 12.3 Å². The van der Waals surface area contributed by atoms with Crippen molar-refractivity contribution in [1.82, 2.24) is 0 Å². The van der Waals surface area contributed by atoms with Gasteiger partial charge in [-0.25, -0.2) is 0 Å². The van der Waals surface area contributed by atoms with Crippen molar-refractivity contribution >= 4 is 22.7 Å². The van der Waals surface area contributed by atoms with Crippen molar-refractivity contribution in [2.24, 2.45) is 0 Å². The fourth-order valence-electron chi connectivity index (χ4n) is 2.48. The second kappa shape index (κ2) is 3.57. The number of para-hydroxylation sites is 3. The summed E-state index contributed by atoms with van der Waals surface area (Å²) in [7, 11) is 0. The Morgan fingerprint density at radius 2 is 1.33 bits per heavy atom. The second-order valence-electron chi connectivity index (χ2n) is 4.54. The van der Waals surface area contributed by atoms with Gasteiger partial charge in [0.2, 0.25) is 0 Å². The molecule has 18 heavy (non-hydrogen) atoms. The monoisotopic (exact) mass is 237 g/mol. The van der Waals surface area contributed by atoms with Gasteiger partial charge in [0.15, 0.2) is 0 Å². The number of anilines is 4. The Labute approximate surface area is 105 Å². The van der Waals surface area contributed by atoms with Crippen LogP contribution < -0.4 is 21.3 Å². The average molecular weight is 237 g/mol. The van der Waals surface area contributed by atoms with Crippen molar-refractivity contribution in [3.8, 4) is 0 Å². The van der Waals surface area contributed by atoms with Gasteiger partial charge in [0, 0.05) is 6.07 Å². The van der Waals surface area contributed by atoms with E-state index in [2.05, 4.69) is 45.5 Å². The van der Waals surface area contributed by atoms with Gasteiger partial charge in [0.05, 0.1) is 22.7 Å². The van der Waals surface area contributed by atoms with E-state index in [9.17, 15) is 0 Å². The van der Waals surface area contributed by atoms with Gasteiger partial charge >= 0.3 is 0 Å². The quantitative estimate of drug-likeness (QED) is 0.615. The molecule has 0 saturated heterocycles. The van der Waals surface area contributed by atoms with E-state index < -0.39 is 0 Å². The van der Waals surface area contributed by atoms with Crippen molar-refractivity contribution in [2.75, 3.05) is 21.3 Å². The Kier molecular flexibility index (Phi) is 1.91. The van der Waals surface area contributed by atoms with E-state index in [1.165, 1.54) is 0 Å². The average Bonchev–Trinajstić information content (AvgIpc) is 3.02. The standard InChI is InChI=1S/C14H13N4/c1-2-6-10-9(5-1)15-13(16-10)14-17-11-7-3-4-8-12(11)18-14/h1-7,13-18H. The zero-order valence-corrected chi connectivity index (χ0v) is 9.70. The minimum absolute atomic E-state index is 0.117. The summed E-state index contributed by atoms with van der Waals surface area (Å²) < 4.78 is 0. The lowest BCUT2D eigenvalue weighted by atomic mass is 10.3. The van der Waals surface area contributed by atoms with Gasteiger partial charge < -0.3 is 21.3 Å². The van der Waals surface area contributed by atoms with Crippen LogP contribution in [0.25, 0.3) is 0 Å². The van der Waals surface area contributed by atoms with Crippen LogP contribution in [0.4, 0.5) is 22.7 Å². The molecule has 0 aromatic heterocycles. The number of nitrogens with one attached hydrogen (secondary N) is 4. The fourth-order valence-corrected chi connectivity index (χ4v) is 2.48. The molecule has 4 nitrogen and oxygen atoms in total. The normalized spacial score (nSPS) is 17.1. The molecule has 4 N–H and O–H groups in total. The topological polar surface area (TPSA) is 48.1 Å². The molecule has 2 aromatic carbocycles. The Morgan fingerprint density at radius 3 is 2.06 bits per heavy atom. The minimum Gasteiger partial charge on any atom is -0.360 e. The third-order valence-electron chi connectivity index (χ3n) is 3.35. The Hall–Kier alpha value is -2.36. The van der Waals surface area contributed by atoms with Crippen LogP contribution in [0, 0.1) is 6.07 Å². The number of hydrogen-bond donors (Lipinski definition) is 4. The zero-order chi connectivity index (χ0) is 11.9. The van der Waals surface area contributed by atoms with E-state index in [-0.39, 0.29) is 12.3 Å². The molecule has 0 fully saturated rings. The highest BCUT2D eigenvalue weighted by atomic mass is 15.3. The SMILES string of the molecule is [c]1cccc2c1NC(C1Nc3ccccc3N1)N2. The fraction of sp³-hybridized carbons (Fsp3) is 0.143. The Balaban J connectivity index is 1.56. The van der Waals surface area contributed by atoms with Gasteiger partial charge in [-0.3, -0.25) is 0 Å². The van der Waals surface area contributed by atoms with Gasteiger partial charge in [-0.15, -0.1) is 0 Å². The van der Waals surface area contributed by atoms with Crippen LogP contribution in [0.3, 0.4) is 0 Å². The van der Waals surface area contributed by atoms with E-state index in [1.807, 2.05) is 24.3 Å². The zero-order valence-electron chi connectivity index (χ0n) is 9.70. The maximum absolute atomic E-state index is 3.46. The molecule has 1 unspecified atom stereocenters. The molecule has 1 radical (unpaired) electrons. The first-order chi connectivity index (χ1) is 8.90. The van der Waals surface area contributed by atoms with Gasteiger partial charge in [0.1, 0.15) is 12.3 Å². The third kappa shape index (κ3) is 1.39. The number of rotatable bonds is 1. The van der Waals surface area contributed by atoms with E-state index in [0.717, 1.165) is 22.7 Å². The maximum atomic E-state index is 3.46. The molecule has 2 aliphatic heterocycles. The molecule has 89 valence electrons. The van der Waals surface area contributed by atoms with Crippen molar-refractivity contribution < 1.29 is 0 Å². The lowest BCUT2D eigenvalue weighted by Gasteiger charge is -2.21. The lowest BCUT2D eigenvalue weighted by molar-refractivity contribution is 0.736. The van der Waals surface area contributed by atoms with Crippen LogP contribution in [0.5, 0.6) is 0 Å². The highest BCUT2D eigenvalue weighted by Gasteiger charge is 2.31. The first kappa shape index (κ1) is 9.65. The molecule has 4 rings (SSSR count). The summed E-state index contributed by atoms with van der Waals surface area (Å²) in [6.07, 6.45) is 0.245. The molecule has 0 saturated carbocycles. The van der Waals surface area contributed by atoms with Gasteiger partial charge in [-0.2, -0.15) is 0 Å². The van der Waals surface area contributed by atoms with Crippen LogP contribution in [-0.2, 0) is 0 Å². The van der Waals surface area contributed by atoms with Gasteiger partial charge in [0.25, 0.3) is 0 Å². The highest BCUT2D eigenvalue weighted by molar-refractivity contribution is 5.78. The summed E-state index contributed by atoms with van der Waals surface area (Å²) >= 11 is 0. The minimum atomic E-state index is 0.117. The van der Waals surface area contributed by atoms with Crippen LogP contribution in [-0.4, -0.2) is 12.3 Å². The molecule has 0 spiro atoms. The number of hydrogen-bond acceptors (Lipinski definition) is 4. The van der Waals surface area contributed by atoms with E-state index in [0.29, 0.717) is 0 Å². The van der Waals surface area contributed by atoms with E-state index in [1.54, 1.807) is 0 Å². The molecule has 0 bridgehead atoms. The summed E-state index contributed by atoms with van der Waals surface area (Å²) in [4.78, 5) is 0. The maximum Gasteiger partial charge on any atom is 0.136 e. The summed E-state index contributed by atoms with van der Waals surface area (Å²) in [5.41, 5.74) is 4.42. The van der Waals surface area contributed by atoms with Crippen molar-refractivity contribution in [3.63, 3.8) is 0 Å². The molecular formula is C14H13N4. The van der Waals surface area contributed by atoms with Crippen LogP contribution in [0.15, 0.2) is 42.5 Å². The van der Waals surface area contributed by atoms with E-state index in [4.69, 9.17) is 0 Å². The predicted molar refractivity (Wildman–Crippen MR) is 73.8 cm³/mol. The Bertz CT molecular complexity index is 492. The molecular weight excluding hydrogens is 224 g/mol. The molecule has 4 heteroatoms. The van der Waals surface area contributed by atoms with Crippen molar-refractivity contribution in [1.29, 1.82) is 0 Å². The molecule has 0 amide bonds. The summed E-state index contributed by atoms with van der Waals surface area (Å²) in [6.45, 7) is 0. The third-order valence-corrected chi connectivity index (χ3v) is 3.35. The molecule has 2 heterocycles. The number of fused-ring (bicyclic) bond motifs is 2. The van der Waals surface area contributed by atoms with Crippen LogP contribution >= 0.6 is 0 Å². The largest absolute Gasteiger partial charge is 0.360 e.